The molecule has 0 atom stereocenters. The van der Waals surface area contributed by atoms with Gasteiger partial charge in [0.1, 0.15) is 10.8 Å². The summed E-state index contributed by atoms with van der Waals surface area (Å²) in [6.07, 6.45) is 1.56. The predicted molar refractivity (Wildman–Crippen MR) is 109 cm³/mol. The van der Waals surface area contributed by atoms with E-state index in [1.54, 1.807) is 25.6 Å². The highest BCUT2D eigenvalue weighted by molar-refractivity contribution is 14.1. The number of benzene rings is 2. The molecule has 0 saturated carbocycles. The molecule has 0 N–H and O–H groups in total. The zero-order valence-corrected chi connectivity index (χ0v) is 17.0. The van der Waals surface area contributed by atoms with E-state index in [0.29, 0.717) is 30.8 Å². The smallest absolute Gasteiger partial charge is 0.160 e. The Bertz CT molecular complexity index is 907. The lowest BCUT2D eigenvalue weighted by atomic mass is 10.1. The normalized spacial score (nSPS) is 10.8. The van der Waals surface area contributed by atoms with E-state index in [2.05, 4.69) is 33.6 Å². The molecule has 130 valence electrons. The van der Waals surface area contributed by atoms with Crippen molar-refractivity contribution in [2.45, 2.75) is 19.3 Å². The maximum atomic E-state index is 12.3. The zero-order chi connectivity index (χ0) is 17.8. The Kier molecular flexibility index (Phi) is 5.90. The van der Waals surface area contributed by atoms with E-state index < -0.39 is 0 Å². The molecule has 0 fully saturated rings. The van der Waals surface area contributed by atoms with Crippen molar-refractivity contribution in [3.8, 4) is 11.5 Å². The van der Waals surface area contributed by atoms with Crippen molar-refractivity contribution in [2.75, 3.05) is 14.2 Å². The van der Waals surface area contributed by atoms with Crippen molar-refractivity contribution in [1.82, 2.24) is 4.98 Å². The third-order valence-electron chi connectivity index (χ3n) is 3.88. The predicted octanol–water partition coefficient (Wildman–Crippen LogP) is 4.66. The minimum Gasteiger partial charge on any atom is -0.493 e. The number of fused-ring (bicyclic) bond motifs is 1. The van der Waals surface area contributed by atoms with Gasteiger partial charge in [0.15, 0.2) is 11.5 Å². The fraction of sp³-hybridized carbons (Fsp3) is 0.263. The monoisotopic (exact) mass is 467 g/mol. The van der Waals surface area contributed by atoms with Gasteiger partial charge in [-0.05, 0) is 64.9 Å². The molecule has 1 aromatic heterocycles. The number of thiazole rings is 1. The Labute approximate surface area is 164 Å². The Morgan fingerprint density at radius 2 is 1.92 bits per heavy atom. The van der Waals surface area contributed by atoms with Crippen molar-refractivity contribution in [3.63, 3.8) is 0 Å². The Balaban J connectivity index is 1.62. The standard InChI is InChI=1S/C19H18INO3S/c1-23-16-8-4-12(9-17(16)24-2)3-6-14(22)11-19-21-15-7-5-13(20)10-18(15)25-19/h4-5,7-10H,3,6,11H2,1-2H3. The van der Waals surface area contributed by atoms with Crippen LogP contribution in [-0.4, -0.2) is 25.0 Å². The number of ether oxygens (including phenoxy) is 2. The van der Waals surface area contributed by atoms with Crippen LogP contribution in [0.25, 0.3) is 10.2 Å². The minimum atomic E-state index is 0.198. The zero-order valence-electron chi connectivity index (χ0n) is 14.0. The number of methoxy groups -OCH3 is 2. The number of Topliss-reactive ketones (excluding diaryl/α,β-unsaturated/α-hetero) is 1. The van der Waals surface area contributed by atoms with Crippen LogP contribution >= 0.6 is 33.9 Å². The second-order valence-corrected chi connectivity index (χ2v) is 7.99. The van der Waals surface area contributed by atoms with Crippen molar-refractivity contribution < 1.29 is 14.3 Å². The van der Waals surface area contributed by atoms with E-state index in [9.17, 15) is 4.79 Å². The average molecular weight is 467 g/mol. The van der Waals surface area contributed by atoms with Gasteiger partial charge in [0, 0.05) is 9.99 Å². The summed E-state index contributed by atoms with van der Waals surface area (Å²) in [7, 11) is 3.22. The Morgan fingerprint density at radius 1 is 1.12 bits per heavy atom. The minimum absolute atomic E-state index is 0.198. The fourth-order valence-corrected chi connectivity index (χ4v) is 4.34. The van der Waals surface area contributed by atoms with Crippen molar-refractivity contribution >= 4 is 49.9 Å². The van der Waals surface area contributed by atoms with Gasteiger partial charge in [-0.2, -0.15) is 0 Å². The van der Waals surface area contributed by atoms with Crippen LogP contribution in [0, 0.1) is 3.57 Å². The first-order chi connectivity index (χ1) is 12.1. The summed E-state index contributed by atoms with van der Waals surface area (Å²) in [6, 6.07) is 11.9. The average Bonchev–Trinajstić information content (AvgIpc) is 3.00. The highest BCUT2D eigenvalue weighted by atomic mass is 127. The van der Waals surface area contributed by atoms with Gasteiger partial charge in [0.25, 0.3) is 0 Å². The highest BCUT2D eigenvalue weighted by Crippen LogP contribution is 2.28. The molecule has 0 saturated heterocycles. The number of carbonyl (C=O) groups is 1. The molecule has 0 radical (unpaired) electrons. The first-order valence-electron chi connectivity index (χ1n) is 7.86. The number of halogens is 1. The maximum absolute atomic E-state index is 12.3. The summed E-state index contributed by atoms with van der Waals surface area (Å²) < 4.78 is 12.9. The van der Waals surface area contributed by atoms with Crippen LogP contribution in [0.4, 0.5) is 0 Å². The topological polar surface area (TPSA) is 48.4 Å². The Morgan fingerprint density at radius 3 is 2.68 bits per heavy atom. The summed E-state index contributed by atoms with van der Waals surface area (Å²) >= 11 is 3.89. The van der Waals surface area contributed by atoms with Crippen molar-refractivity contribution in [3.05, 3.63) is 50.5 Å². The van der Waals surface area contributed by atoms with Crippen LogP contribution in [0.5, 0.6) is 11.5 Å². The highest BCUT2D eigenvalue weighted by Gasteiger charge is 2.11. The molecule has 6 heteroatoms. The molecule has 3 aromatic rings. The van der Waals surface area contributed by atoms with Gasteiger partial charge in [0.05, 0.1) is 30.9 Å². The number of hydrogen-bond donors (Lipinski definition) is 0. The van der Waals surface area contributed by atoms with Gasteiger partial charge in [-0.1, -0.05) is 6.07 Å². The number of aromatic nitrogens is 1. The molecule has 4 nitrogen and oxygen atoms in total. The van der Waals surface area contributed by atoms with Gasteiger partial charge in [0.2, 0.25) is 0 Å². The van der Waals surface area contributed by atoms with E-state index >= 15 is 0 Å². The van der Waals surface area contributed by atoms with E-state index in [4.69, 9.17) is 9.47 Å². The SMILES string of the molecule is COc1ccc(CCC(=O)Cc2nc3ccc(I)cc3s2)cc1OC. The Hall–Kier alpha value is -1.67. The van der Waals surface area contributed by atoms with Gasteiger partial charge in [-0.15, -0.1) is 11.3 Å². The molecule has 2 aromatic carbocycles. The number of rotatable bonds is 7. The molecule has 1 heterocycles. The molecule has 0 unspecified atom stereocenters. The van der Waals surface area contributed by atoms with Crippen LogP contribution in [0.1, 0.15) is 17.0 Å². The first kappa shape index (κ1) is 18.1. The number of nitrogens with zero attached hydrogens (tertiary/aromatic N) is 1. The third-order valence-corrected chi connectivity index (χ3v) is 5.57. The second kappa shape index (κ2) is 8.14. The molecule has 0 bridgehead atoms. The van der Waals surface area contributed by atoms with Gasteiger partial charge in [-0.3, -0.25) is 4.79 Å². The molecule has 0 aliphatic rings. The third kappa shape index (κ3) is 4.49. The number of aryl methyl sites for hydroxylation is 1. The van der Waals surface area contributed by atoms with Crippen LogP contribution in [-0.2, 0) is 17.6 Å². The second-order valence-electron chi connectivity index (χ2n) is 5.62. The molecular weight excluding hydrogens is 449 g/mol. The van der Waals surface area contributed by atoms with Crippen LogP contribution < -0.4 is 9.47 Å². The largest absolute Gasteiger partial charge is 0.493 e. The molecule has 0 aliphatic heterocycles. The maximum Gasteiger partial charge on any atom is 0.160 e. The summed E-state index contributed by atoms with van der Waals surface area (Å²) in [5, 5.41) is 0.884. The summed E-state index contributed by atoms with van der Waals surface area (Å²) in [5.41, 5.74) is 2.03. The summed E-state index contributed by atoms with van der Waals surface area (Å²) in [6.45, 7) is 0. The van der Waals surface area contributed by atoms with E-state index in [1.807, 2.05) is 30.3 Å². The van der Waals surface area contributed by atoms with Crippen molar-refractivity contribution in [1.29, 1.82) is 0 Å². The van der Waals surface area contributed by atoms with Crippen molar-refractivity contribution in [2.24, 2.45) is 0 Å². The molecular formula is C19H18INO3S. The molecule has 3 rings (SSSR count). The molecule has 0 spiro atoms. The van der Waals surface area contributed by atoms with Gasteiger partial charge >= 0.3 is 0 Å². The van der Waals surface area contributed by atoms with Crippen LogP contribution in [0.2, 0.25) is 0 Å². The quantitative estimate of drug-likeness (QED) is 0.475. The first-order valence-corrected chi connectivity index (χ1v) is 9.76. The van der Waals surface area contributed by atoms with Crippen LogP contribution in [0.15, 0.2) is 36.4 Å². The van der Waals surface area contributed by atoms with E-state index in [1.165, 1.54) is 3.57 Å². The molecule has 0 aliphatic carbocycles. The number of ketones is 1. The van der Waals surface area contributed by atoms with Gasteiger partial charge < -0.3 is 9.47 Å². The van der Waals surface area contributed by atoms with Gasteiger partial charge in [-0.25, -0.2) is 4.98 Å². The summed E-state index contributed by atoms with van der Waals surface area (Å²) in [5.74, 6) is 1.58. The number of carbonyl (C=O) groups excluding carboxylic acids is 1. The number of hydrogen-bond acceptors (Lipinski definition) is 5. The van der Waals surface area contributed by atoms with E-state index in [0.717, 1.165) is 20.8 Å². The summed E-state index contributed by atoms with van der Waals surface area (Å²) in [4.78, 5) is 16.9. The lowest BCUT2D eigenvalue weighted by Gasteiger charge is -2.09. The van der Waals surface area contributed by atoms with E-state index in [-0.39, 0.29) is 5.78 Å². The lowest BCUT2D eigenvalue weighted by Crippen LogP contribution is -2.04. The molecule has 0 amide bonds. The fourth-order valence-electron chi connectivity index (χ4n) is 2.60. The van der Waals surface area contributed by atoms with Crippen LogP contribution in [0.3, 0.4) is 0 Å². The lowest BCUT2D eigenvalue weighted by molar-refractivity contribution is -0.118. The molecule has 25 heavy (non-hydrogen) atoms.